The van der Waals surface area contributed by atoms with Crippen LogP contribution in [-0.4, -0.2) is 60.8 Å². The van der Waals surface area contributed by atoms with Gasteiger partial charge in [0.05, 0.1) is 18.9 Å². The van der Waals surface area contributed by atoms with Crippen molar-refractivity contribution in [1.82, 2.24) is 14.9 Å². The molecule has 3 rings (SSSR count). The first kappa shape index (κ1) is 17.4. The molecular weight excluding hydrogens is 314 g/mol. The molecule has 6 heteroatoms. The van der Waals surface area contributed by atoms with E-state index >= 15 is 0 Å². The van der Waals surface area contributed by atoms with Gasteiger partial charge in [0.2, 0.25) is 5.95 Å². The van der Waals surface area contributed by atoms with Crippen LogP contribution in [0.4, 0.5) is 11.8 Å². The van der Waals surface area contributed by atoms with E-state index in [0.717, 1.165) is 56.5 Å². The summed E-state index contributed by atoms with van der Waals surface area (Å²) in [5.41, 5.74) is 1.97. The van der Waals surface area contributed by atoms with Crippen molar-refractivity contribution >= 4 is 11.8 Å². The molecule has 0 bridgehead atoms. The van der Waals surface area contributed by atoms with Gasteiger partial charge in [0.15, 0.2) is 0 Å². The Bertz CT molecular complexity index is 671. The monoisotopic (exact) mass is 339 g/mol. The molecule has 0 radical (unpaired) electrons. The summed E-state index contributed by atoms with van der Waals surface area (Å²) < 4.78 is 5.38. The Morgan fingerprint density at radius 1 is 1.12 bits per heavy atom. The summed E-state index contributed by atoms with van der Waals surface area (Å²) in [5, 5.41) is 6.60. The molecule has 2 heterocycles. The Morgan fingerprint density at radius 2 is 1.92 bits per heavy atom. The fourth-order valence-corrected chi connectivity index (χ4v) is 2.70. The molecule has 1 saturated heterocycles. The van der Waals surface area contributed by atoms with Crippen LogP contribution in [0.3, 0.4) is 0 Å². The highest BCUT2D eigenvalue weighted by molar-refractivity contribution is 5.64. The van der Waals surface area contributed by atoms with Crippen LogP contribution in [0, 0.1) is 0 Å². The van der Waals surface area contributed by atoms with Gasteiger partial charge in [-0.2, -0.15) is 4.98 Å². The molecule has 132 valence electrons. The first-order valence-corrected chi connectivity index (χ1v) is 8.68. The second-order valence-electron chi connectivity index (χ2n) is 5.88. The highest BCUT2D eigenvalue weighted by Crippen LogP contribution is 2.21. The Labute approximate surface area is 148 Å². The van der Waals surface area contributed by atoms with Crippen LogP contribution >= 0.6 is 0 Å². The molecule has 1 aromatic heterocycles. The summed E-state index contributed by atoms with van der Waals surface area (Å²) in [6.07, 6.45) is 1.82. The van der Waals surface area contributed by atoms with Crippen molar-refractivity contribution in [1.29, 1.82) is 0 Å². The minimum atomic E-state index is 0.640. The third-order valence-electron chi connectivity index (χ3n) is 4.04. The zero-order valence-corrected chi connectivity index (χ0v) is 14.4. The fourth-order valence-electron chi connectivity index (χ4n) is 2.70. The smallest absolute Gasteiger partial charge is 0.225 e. The van der Waals surface area contributed by atoms with Crippen LogP contribution in [0.5, 0.6) is 0 Å². The highest BCUT2D eigenvalue weighted by Gasteiger charge is 2.10. The normalized spacial score (nSPS) is 14.9. The van der Waals surface area contributed by atoms with Crippen molar-refractivity contribution in [2.24, 2.45) is 0 Å². The number of aromatic nitrogens is 2. The van der Waals surface area contributed by atoms with Crippen LogP contribution in [0.2, 0.25) is 0 Å². The van der Waals surface area contributed by atoms with E-state index in [1.165, 1.54) is 0 Å². The average molecular weight is 339 g/mol. The van der Waals surface area contributed by atoms with Gasteiger partial charge in [-0.15, -0.1) is 6.58 Å². The summed E-state index contributed by atoms with van der Waals surface area (Å²) in [6, 6.07) is 12.1. The number of morpholine rings is 1. The third-order valence-corrected chi connectivity index (χ3v) is 4.04. The lowest BCUT2D eigenvalue weighted by Crippen LogP contribution is -2.39. The molecule has 0 amide bonds. The predicted octanol–water partition coefficient (Wildman–Crippen LogP) is 2.49. The molecule has 6 nitrogen and oxygen atoms in total. The van der Waals surface area contributed by atoms with Gasteiger partial charge in [0.1, 0.15) is 5.82 Å². The van der Waals surface area contributed by atoms with Crippen LogP contribution < -0.4 is 10.6 Å². The van der Waals surface area contributed by atoms with E-state index < -0.39 is 0 Å². The van der Waals surface area contributed by atoms with Crippen LogP contribution in [-0.2, 0) is 4.74 Å². The van der Waals surface area contributed by atoms with Gasteiger partial charge in [-0.25, -0.2) is 4.98 Å². The van der Waals surface area contributed by atoms with E-state index in [0.29, 0.717) is 12.5 Å². The van der Waals surface area contributed by atoms with Gasteiger partial charge in [0.25, 0.3) is 0 Å². The molecular formula is C19H25N5O. The van der Waals surface area contributed by atoms with Crippen LogP contribution in [0.1, 0.15) is 0 Å². The Morgan fingerprint density at radius 3 is 2.68 bits per heavy atom. The number of ether oxygens (including phenoxy) is 1. The van der Waals surface area contributed by atoms with E-state index in [1.54, 1.807) is 0 Å². The Balaban J connectivity index is 1.69. The van der Waals surface area contributed by atoms with Gasteiger partial charge < -0.3 is 15.4 Å². The topological polar surface area (TPSA) is 62.3 Å². The molecule has 1 fully saturated rings. The van der Waals surface area contributed by atoms with E-state index in [-0.39, 0.29) is 0 Å². The van der Waals surface area contributed by atoms with Crippen molar-refractivity contribution in [3.05, 3.63) is 49.1 Å². The molecule has 1 aliphatic rings. The summed E-state index contributed by atoms with van der Waals surface area (Å²) in [7, 11) is 0. The first-order chi connectivity index (χ1) is 12.3. The quantitative estimate of drug-likeness (QED) is 0.721. The minimum absolute atomic E-state index is 0.640. The maximum atomic E-state index is 5.38. The van der Waals surface area contributed by atoms with Crippen molar-refractivity contribution in [2.45, 2.75) is 0 Å². The number of hydrogen-bond acceptors (Lipinski definition) is 6. The Kier molecular flexibility index (Phi) is 6.36. The lowest BCUT2D eigenvalue weighted by atomic mass is 10.1. The average Bonchev–Trinajstić information content (AvgIpc) is 2.68. The van der Waals surface area contributed by atoms with Crippen molar-refractivity contribution in [3.8, 4) is 11.3 Å². The molecule has 1 aliphatic heterocycles. The number of nitrogens with one attached hydrogen (secondary N) is 2. The van der Waals surface area contributed by atoms with Gasteiger partial charge >= 0.3 is 0 Å². The van der Waals surface area contributed by atoms with Gasteiger partial charge in [-0.3, -0.25) is 4.90 Å². The number of anilines is 2. The maximum absolute atomic E-state index is 5.38. The lowest BCUT2D eigenvalue weighted by Gasteiger charge is -2.26. The summed E-state index contributed by atoms with van der Waals surface area (Å²) >= 11 is 0. The Hall–Kier alpha value is -2.44. The van der Waals surface area contributed by atoms with E-state index in [2.05, 4.69) is 44.2 Å². The van der Waals surface area contributed by atoms with E-state index in [9.17, 15) is 0 Å². The molecule has 0 atom stereocenters. The predicted molar refractivity (Wildman–Crippen MR) is 102 cm³/mol. The molecule has 1 aromatic carbocycles. The standard InChI is InChI=1S/C19H25N5O/c1-2-8-20-18-15-17(16-6-4-3-5-7-16)22-19(23-18)21-9-10-24-11-13-25-14-12-24/h2-7,15H,1,8-14H2,(H2,20,21,22,23). The van der Waals surface area contributed by atoms with Crippen molar-refractivity contribution in [3.63, 3.8) is 0 Å². The molecule has 0 unspecified atom stereocenters. The second kappa shape index (κ2) is 9.15. The largest absolute Gasteiger partial charge is 0.379 e. The summed E-state index contributed by atoms with van der Waals surface area (Å²) in [6.45, 7) is 9.77. The number of nitrogens with zero attached hydrogens (tertiary/aromatic N) is 3. The molecule has 2 aromatic rings. The first-order valence-electron chi connectivity index (χ1n) is 8.68. The number of rotatable bonds is 8. The van der Waals surface area contributed by atoms with Gasteiger partial charge in [0, 0.05) is 44.4 Å². The molecule has 0 aliphatic carbocycles. The second-order valence-corrected chi connectivity index (χ2v) is 5.88. The number of benzene rings is 1. The zero-order valence-electron chi connectivity index (χ0n) is 14.4. The third kappa shape index (κ3) is 5.27. The van der Waals surface area contributed by atoms with Crippen LogP contribution in [0.25, 0.3) is 11.3 Å². The number of hydrogen-bond donors (Lipinski definition) is 2. The van der Waals surface area contributed by atoms with E-state index in [1.807, 2.05) is 30.3 Å². The summed E-state index contributed by atoms with van der Waals surface area (Å²) in [5.74, 6) is 1.43. The molecule has 0 saturated carbocycles. The van der Waals surface area contributed by atoms with E-state index in [4.69, 9.17) is 4.74 Å². The summed E-state index contributed by atoms with van der Waals surface area (Å²) in [4.78, 5) is 11.6. The van der Waals surface area contributed by atoms with Crippen molar-refractivity contribution < 1.29 is 4.74 Å². The maximum Gasteiger partial charge on any atom is 0.225 e. The molecule has 2 N–H and O–H groups in total. The molecule has 0 spiro atoms. The van der Waals surface area contributed by atoms with Crippen LogP contribution in [0.15, 0.2) is 49.1 Å². The fraction of sp³-hybridized carbons (Fsp3) is 0.368. The lowest BCUT2D eigenvalue weighted by molar-refractivity contribution is 0.0398. The minimum Gasteiger partial charge on any atom is -0.379 e. The van der Waals surface area contributed by atoms with Crippen molar-refractivity contribution in [2.75, 3.05) is 56.6 Å². The zero-order chi connectivity index (χ0) is 17.3. The van der Waals surface area contributed by atoms with Gasteiger partial charge in [-0.1, -0.05) is 36.4 Å². The molecule has 25 heavy (non-hydrogen) atoms. The van der Waals surface area contributed by atoms with Gasteiger partial charge in [-0.05, 0) is 0 Å². The SMILES string of the molecule is C=CCNc1cc(-c2ccccc2)nc(NCCN2CCOCC2)n1. The highest BCUT2D eigenvalue weighted by atomic mass is 16.5.